The second-order valence-corrected chi connectivity index (χ2v) is 5.51. The van der Waals surface area contributed by atoms with E-state index in [1.807, 2.05) is 0 Å². The van der Waals surface area contributed by atoms with Gasteiger partial charge in [-0.15, -0.1) is 0 Å². The molecule has 10 heteroatoms. The minimum atomic E-state index is -0.646. The van der Waals surface area contributed by atoms with Crippen molar-refractivity contribution in [2.75, 3.05) is 34.5 Å². The van der Waals surface area contributed by atoms with Gasteiger partial charge < -0.3 is 24.3 Å². The maximum Gasteiger partial charge on any atom is 0.286 e. The van der Waals surface area contributed by atoms with Crippen molar-refractivity contribution in [1.29, 1.82) is 0 Å². The molecule has 1 aromatic carbocycles. The van der Waals surface area contributed by atoms with Crippen LogP contribution >= 0.6 is 0 Å². The first-order valence-corrected chi connectivity index (χ1v) is 8.25. The molecular formula is C18H21N3O7. The molecule has 2 aromatic rings. The zero-order valence-electron chi connectivity index (χ0n) is 15.8. The molecule has 0 atom stereocenters. The van der Waals surface area contributed by atoms with Gasteiger partial charge in [0.15, 0.2) is 11.5 Å². The summed E-state index contributed by atoms with van der Waals surface area (Å²) in [5.74, 6) is 0.184. The average Bonchev–Trinajstić information content (AvgIpc) is 2.72. The van der Waals surface area contributed by atoms with E-state index in [0.717, 1.165) is 0 Å². The second kappa shape index (κ2) is 10.1. The Bertz CT molecular complexity index is 825. The molecule has 2 rings (SSSR count). The molecule has 0 unspecified atom stereocenters. The lowest BCUT2D eigenvalue weighted by Crippen LogP contribution is -2.24. The topological polar surface area (TPSA) is 122 Å². The monoisotopic (exact) mass is 391 g/mol. The third-order valence-corrected chi connectivity index (χ3v) is 3.73. The van der Waals surface area contributed by atoms with E-state index in [1.165, 1.54) is 33.5 Å². The maximum absolute atomic E-state index is 12.5. The van der Waals surface area contributed by atoms with E-state index in [2.05, 4.69) is 10.3 Å². The number of nitro benzene ring substituents is 1. The Hall–Kier alpha value is -3.40. The smallest absolute Gasteiger partial charge is 0.286 e. The molecule has 0 aliphatic heterocycles. The molecule has 28 heavy (non-hydrogen) atoms. The fourth-order valence-electron chi connectivity index (χ4n) is 2.30. The summed E-state index contributed by atoms with van der Waals surface area (Å²) in [5.41, 5.74) is 0.185. The van der Waals surface area contributed by atoms with Crippen LogP contribution in [0.4, 0.5) is 5.69 Å². The lowest BCUT2D eigenvalue weighted by molar-refractivity contribution is -0.385. The number of rotatable bonds is 10. The largest absolute Gasteiger partial charge is 0.493 e. The van der Waals surface area contributed by atoms with Gasteiger partial charge in [0, 0.05) is 32.0 Å². The summed E-state index contributed by atoms with van der Waals surface area (Å²) in [6, 6.07) is 5.83. The van der Waals surface area contributed by atoms with Crippen LogP contribution in [-0.2, 0) is 11.3 Å². The Balaban J connectivity index is 2.21. The van der Waals surface area contributed by atoms with Gasteiger partial charge in [0.25, 0.3) is 11.6 Å². The van der Waals surface area contributed by atoms with E-state index in [0.29, 0.717) is 18.1 Å². The Morgan fingerprint density at radius 2 is 1.93 bits per heavy atom. The molecular weight excluding hydrogens is 370 g/mol. The van der Waals surface area contributed by atoms with Crippen molar-refractivity contribution < 1.29 is 28.7 Å². The van der Waals surface area contributed by atoms with Crippen molar-refractivity contribution in [3.63, 3.8) is 0 Å². The number of aromatic nitrogens is 1. The van der Waals surface area contributed by atoms with Gasteiger partial charge in [0.2, 0.25) is 5.88 Å². The lowest BCUT2D eigenvalue weighted by Gasteiger charge is -2.13. The molecule has 1 N–H and O–H groups in total. The molecule has 150 valence electrons. The van der Waals surface area contributed by atoms with Gasteiger partial charge in [-0.25, -0.2) is 4.98 Å². The fraction of sp³-hybridized carbons (Fsp3) is 0.333. The molecule has 1 heterocycles. The second-order valence-electron chi connectivity index (χ2n) is 5.51. The van der Waals surface area contributed by atoms with E-state index in [1.54, 1.807) is 18.3 Å². The summed E-state index contributed by atoms with van der Waals surface area (Å²) in [6.07, 6.45) is 1.54. The summed E-state index contributed by atoms with van der Waals surface area (Å²) in [6.45, 7) is 0.622. The SMILES string of the molecule is COCCOc1cc([N+](=O)[O-])c(C(=O)NCc2ccc(OC)nc2)cc1OC. The highest BCUT2D eigenvalue weighted by Crippen LogP contribution is 2.34. The van der Waals surface area contributed by atoms with Gasteiger partial charge >= 0.3 is 0 Å². The Kier molecular flexibility index (Phi) is 7.52. The van der Waals surface area contributed by atoms with E-state index >= 15 is 0 Å². The number of nitro groups is 1. The number of benzene rings is 1. The molecule has 0 fully saturated rings. The first-order chi connectivity index (χ1) is 13.5. The van der Waals surface area contributed by atoms with Crippen LogP contribution in [0, 0.1) is 10.1 Å². The first-order valence-electron chi connectivity index (χ1n) is 8.25. The van der Waals surface area contributed by atoms with Crippen LogP contribution in [0.5, 0.6) is 17.4 Å². The van der Waals surface area contributed by atoms with Crippen molar-refractivity contribution in [2.24, 2.45) is 0 Å². The van der Waals surface area contributed by atoms with Crippen LogP contribution in [0.2, 0.25) is 0 Å². The summed E-state index contributed by atoms with van der Waals surface area (Å²) in [4.78, 5) is 27.4. The molecule has 1 aromatic heterocycles. The molecule has 0 aliphatic rings. The number of nitrogens with zero attached hydrogens (tertiary/aromatic N) is 2. The standard InChI is InChI=1S/C18H21N3O7/c1-25-6-7-28-16-9-14(21(23)24)13(8-15(16)26-2)18(22)20-11-12-4-5-17(27-3)19-10-12/h4-5,8-10H,6-7,11H2,1-3H3,(H,20,22). The lowest BCUT2D eigenvalue weighted by atomic mass is 10.1. The number of nitrogens with one attached hydrogen (secondary N) is 1. The van der Waals surface area contributed by atoms with Crippen LogP contribution in [0.1, 0.15) is 15.9 Å². The number of hydrogen-bond donors (Lipinski definition) is 1. The minimum Gasteiger partial charge on any atom is -0.493 e. The van der Waals surface area contributed by atoms with E-state index in [-0.39, 0.29) is 30.2 Å². The van der Waals surface area contributed by atoms with Gasteiger partial charge in [-0.1, -0.05) is 6.07 Å². The molecule has 0 aliphatic carbocycles. The predicted octanol–water partition coefficient (Wildman–Crippen LogP) is 1.96. The molecule has 10 nitrogen and oxygen atoms in total. The third-order valence-electron chi connectivity index (χ3n) is 3.73. The van der Waals surface area contributed by atoms with Crippen LogP contribution in [0.15, 0.2) is 30.5 Å². The van der Waals surface area contributed by atoms with E-state index in [4.69, 9.17) is 18.9 Å². The summed E-state index contributed by atoms with van der Waals surface area (Å²) in [5, 5.41) is 14.1. The van der Waals surface area contributed by atoms with Gasteiger partial charge in [0.05, 0.1) is 31.8 Å². The summed E-state index contributed by atoms with van der Waals surface area (Å²) >= 11 is 0. The Morgan fingerprint density at radius 3 is 2.50 bits per heavy atom. The maximum atomic E-state index is 12.5. The molecule has 1 amide bonds. The van der Waals surface area contributed by atoms with Crippen molar-refractivity contribution in [3.8, 4) is 17.4 Å². The average molecular weight is 391 g/mol. The zero-order valence-corrected chi connectivity index (χ0v) is 15.8. The zero-order chi connectivity index (χ0) is 20.5. The van der Waals surface area contributed by atoms with Crippen molar-refractivity contribution in [1.82, 2.24) is 10.3 Å². The Labute approximate surface area is 161 Å². The molecule has 0 saturated heterocycles. The van der Waals surface area contributed by atoms with E-state index in [9.17, 15) is 14.9 Å². The number of methoxy groups -OCH3 is 3. The van der Waals surface area contributed by atoms with Crippen molar-refractivity contribution >= 4 is 11.6 Å². The number of amides is 1. The number of carbonyl (C=O) groups excluding carboxylic acids is 1. The third kappa shape index (κ3) is 5.30. The summed E-state index contributed by atoms with van der Waals surface area (Å²) in [7, 11) is 4.39. The minimum absolute atomic E-state index is 0.137. The number of ether oxygens (including phenoxy) is 4. The Morgan fingerprint density at radius 1 is 1.14 bits per heavy atom. The van der Waals surface area contributed by atoms with Crippen molar-refractivity contribution in [3.05, 3.63) is 51.7 Å². The molecule has 0 saturated carbocycles. The highest BCUT2D eigenvalue weighted by Gasteiger charge is 2.24. The molecule has 0 spiro atoms. The normalized spacial score (nSPS) is 10.2. The molecule has 0 radical (unpaired) electrons. The van der Waals surface area contributed by atoms with Crippen LogP contribution < -0.4 is 19.5 Å². The van der Waals surface area contributed by atoms with Crippen LogP contribution in [-0.4, -0.2) is 50.4 Å². The van der Waals surface area contributed by atoms with Crippen LogP contribution in [0.25, 0.3) is 0 Å². The quantitative estimate of drug-likeness (QED) is 0.370. The van der Waals surface area contributed by atoms with Gasteiger partial charge in [-0.2, -0.15) is 0 Å². The van der Waals surface area contributed by atoms with E-state index < -0.39 is 16.5 Å². The van der Waals surface area contributed by atoms with Crippen molar-refractivity contribution in [2.45, 2.75) is 6.54 Å². The summed E-state index contributed by atoms with van der Waals surface area (Å²) < 4.78 is 20.5. The molecule has 0 bridgehead atoms. The first kappa shape index (κ1) is 20.9. The number of pyridine rings is 1. The van der Waals surface area contributed by atoms with Gasteiger partial charge in [-0.3, -0.25) is 14.9 Å². The number of hydrogen-bond acceptors (Lipinski definition) is 8. The highest BCUT2D eigenvalue weighted by molar-refractivity contribution is 5.99. The number of carbonyl (C=O) groups is 1. The highest BCUT2D eigenvalue weighted by atomic mass is 16.6. The van der Waals surface area contributed by atoms with Gasteiger partial charge in [0.1, 0.15) is 12.2 Å². The van der Waals surface area contributed by atoms with Crippen LogP contribution in [0.3, 0.4) is 0 Å². The fourth-order valence-corrected chi connectivity index (χ4v) is 2.30. The predicted molar refractivity (Wildman–Crippen MR) is 99.0 cm³/mol. The van der Waals surface area contributed by atoms with Gasteiger partial charge in [-0.05, 0) is 5.56 Å².